The highest BCUT2D eigenvalue weighted by Gasteiger charge is 2.38. The highest BCUT2D eigenvalue weighted by atomic mass is 19.4. The molecule has 0 bridgehead atoms. The zero-order valence-electron chi connectivity index (χ0n) is 21.7. The van der Waals surface area contributed by atoms with Crippen molar-refractivity contribution in [1.82, 2.24) is 15.0 Å². The number of rotatable bonds is 4. The summed E-state index contributed by atoms with van der Waals surface area (Å²) < 4.78 is 120. The minimum Gasteiger partial charge on any atom is -0.352 e. The average molecular weight is 600 g/mol. The van der Waals surface area contributed by atoms with E-state index in [1.54, 1.807) is 11.8 Å². The Hall–Kier alpha value is -4.23. The standard InChI is InChI=1S/C28H22F9N5/c1-16-15-41(24-21(28(35,36)37)3-2-12-38-24)13-14-42(16)25-39-22(17-4-8-19(9-5-17)26(29,30)31)23(40-25)18-6-10-20(11-7-18)27(32,33)34/h2-12,16H,13-15H2,1H3,(H,39,40). The van der Waals surface area contributed by atoms with Gasteiger partial charge < -0.3 is 14.8 Å². The van der Waals surface area contributed by atoms with Gasteiger partial charge in [0.1, 0.15) is 5.82 Å². The number of benzene rings is 2. The van der Waals surface area contributed by atoms with Crippen molar-refractivity contribution in [2.75, 3.05) is 29.4 Å². The van der Waals surface area contributed by atoms with E-state index in [9.17, 15) is 39.5 Å². The third kappa shape index (κ3) is 5.88. The molecule has 0 saturated carbocycles. The zero-order chi connectivity index (χ0) is 30.4. The fourth-order valence-electron chi connectivity index (χ4n) is 4.89. The van der Waals surface area contributed by atoms with Crippen molar-refractivity contribution in [2.45, 2.75) is 31.5 Å². The lowest BCUT2D eigenvalue weighted by atomic mass is 10.0. The van der Waals surface area contributed by atoms with E-state index in [-0.39, 0.29) is 48.4 Å². The molecule has 0 amide bonds. The van der Waals surface area contributed by atoms with Gasteiger partial charge in [-0.05, 0) is 43.3 Å². The summed E-state index contributed by atoms with van der Waals surface area (Å²) in [5.74, 6) is 0.0656. The fraction of sp³-hybridized carbons (Fsp3) is 0.286. The molecule has 5 nitrogen and oxygen atoms in total. The first-order valence-corrected chi connectivity index (χ1v) is 12.6. The Labute approximate surface area is 233 Å². The van der Waals surface area contributed by atoms with Crippen LogP contribution in [0.2, 0.25) is 0 Å². The molecular weight excluding hydrogens is 577 g/mol. The summed E-state index contributed by atoms with van der Waals surface area (Å²) in [7, 11) is 0. The summed E-state index contributed by atoms with van der Waals surface area (Å²) in [6.45, 7) is 2.27. The van der Waals surface area contributed by atoms with Crippen LogP contribution in [0.1, 0.15) is 23.6 Å². The van der Waals surface area contributed by atoms with Crippen molar-refractivity contribution in [2.24, 2.45) is 0 Å². The molecule has 14 heteroatoms. The van der Waals surface area contributed by atoms with E-state index in [4.69, 9.17) is 0 Å². The van der Waals surface area contributed by atoms with E-state index in [1.165, 1.54) is 41.4 Å². The fourth-order valence-corrected chi connectivity index (χ4v) is 4.89. The van der Waals surface area contributed by atoms with Gasteiger partial charge in [-0.3, -0.25) is 0 Å². The van der Waals surface area contributed by atoms with Crippen molar-refractivity contribution < 1.29 is 39.5 Å². The lowest BCUT2D eigenvalue weighted by molar-refractivity contribution is -0.138. The molecule has 5 rings (SSSR count). The number of nitrogens with zero attached hydrogens (tertiary/aromatic N) is 4. The molecule has 2 aromatic heterocycles. The van der Waals surface area contributed by atoms with Gasteiger partial charge in [0.2, 0.25) is 5.95 Å². The van der Waals surface area contributed by atoms with Crippen molar-refractivity contribution in [1.29, 1.82) is 0 Å². The summed E-state index contributed by atoms with van der Waals surface area (Å²) in [5, 5.41) is 0. The van der Waals surface area contributed by atoms with Crippen LogP contribution in [0.3, 0.4) is 0 Å². The number of halogens is 9. The molecule has 0 aliphatic carbocycles. The van der Waals surface area contributed by atoms with Crippen molar-refractivity contribution in [3.8, 4) is 22.5 Å². The van der Waals surface area contributed by atoms with Gasteiger partial charge in [0.05, 0.1) is 28.1 Å². The topological polar surface area (TPSA) is 48.1 Å². The van der Waals surface area contributed by atoms with Crippen LogP contribution in [0.5, 0.6) is 0 Å². The Morgan fingerprint density at radius 2 is 1.31 bits per heavy atom. The first kappa shape index (κ1) is 29.3. The number of aromatic nitrogens is 3. The summed E-state index contributed by atoms with van der Waals surface area (Å²) in [5.41, 5.74) is -1.54. The van der Waals surface area contributed by atoms with Gasteiger partial charge in [-0.25, -0.2) is 9.97 Å². The molecule has 42 heavy (non-hydrogen) atoms. The lowest BCUT2D eigenvalue weighted by Gasteiger charge is -2.40. The van der Waals surface area contributed by atoms with Crippen LogP contribution in [0.25, 0.3) is 22.5 Å². The van der Waals surface area contributed by atoms with Crippen molar-refractivity contribution >= 4 is 11.8 Å². The molecule has 1 N–H and O–H groups in total. The van der Waals surface area contributed by atoms with Crippen LogP contribution < -0.4 is 9.80 Å². The predicted molar refractivity (Wildman–Crippen MR) is 138 cm³/mol. The van der Waals surface area contributed by atoms with Gasteiger partial charge in [-0.2, -0.15) is 39.5 Å². The average Bonchev–Trinajstić information content (AvgIpc) is 3.37. The van der Waals surface area contributed by atoms with E-state index in [2.05, 4.69) is 15.0 Å². The number of hydrogen-bond donors (Lipinski definition) is 1. The molecule has 1 saturated heterocycles. The molecule has 1 atom stereocenters. The van der Waals surface area contributed by atoms with Gasteiger partial charge >= 0.3 is 18.5 Å². The van der Waals surface area contributed by atoms with Gasteiger partial charge in [0.15, 0.2) is 0 Å². The monoisotopic (exact) mass is 599 g/mol. The number of imidazole rings is 1. The molecule has 2 aromatic carbocycles. The van der Waals surface area contributed by atoms with Crippen LogP contribution in [0.4, 0.5) is 51.3 Å². The number of H-pyrrole nitrogens is 1. The Morgan fingerprint density at radius 1 is 0.738 bits per heavy atom. The second-order valence-electron chi connectivity index (χ2n) is 9.79. The first-order chi connectivity index (χ1) is 19.6. The lowest BCUT2D eigenvalue weighted by Crippen LogP contribution is -2.53. The van der Waals surface area contributed by atoms with E-state index >= 15 is 0 Å². The van der Waals surface area contributed by atoms with E-state index in [0.29, 0.717) is 5.56 Å². The molecule has 1 aliphatic heterocycles. The molecule has 1 unspecified atom stereocenters. The Morgan fingerprint density at radius 3 is 1.83 bits per heavy atom. The Bertz CT molecular complexity index is 1460. The minimum atomic E-state index is -4.60. The van der Waals surface area contributed by atoms with Crippen LogP contribution in [0.15, 0.2) is 66.9 Å². The molecule has 222 valence electrons. The van der Waals surface area contributed by atoms with Crippen LogP contribution in [-0.2, 0) is 18.5 Å². The highest BCUT2D eigenvalue weighted by Crippen LogP contribution is 2.39. The van der Waals surface area contributed by atoms with Crippen molar-refractivity contribution in [3.63, 3.8) is 0 Å². The third-order valence-electron chi connectivity index (χ3n) is 6.97. The summed E-state index contributed by atoms with van der Waals surface area (Å²) in [4.78, 5) is 14.9. The number of anilines is 2. The Kier molecular flexibility index (Phi) is 7.35. The predicted octanol–water partition coefficient (Wildman–Crippen LogP) is 7.91. The SMILES string of the molecule is CC1CN(c2ncccc2C(F)(F)F)CCN1c1nc(-c2ccc(C(F)(F)F)cc2)c(-c2ccc(C(F)(F)F)cc2)[nH]1. The zero-order valence-corrected chi connectivity index (χ0v) is 21.7. The number of aromatic amines is 1. The largest absolute Gasteiger partial charge is 0.419 e. The van der Waals surface area contributed by atoms with E-state index < -0.39 is 41.3 Å². The number of piperazine rings is 1. The first-order valence-electron chi connectivity index (χ1n) is 12.6. The number of hydrogen-bond acceptors (Lipinski definition) is 4. The molecule has 1 fully saturated rings. The smallest absolute Gasteiger partial charge is 0.352 e. The van der Waals surface area contributed by atoms with Gasteiger partial charge in [-0.1, -0.05) is 24.3 Å². The van der Waals surface area contributed by atoms with Crippen molar-refractivity contribution in [3.05, 3.63) is 83.6 Å². The highest BCUT2D eigenvalue weighted by molar-refractivity contribution is 5.80. The summed E-state index contributed by atoms with van der Waals surface area (Å²) in [6.07, 6.45) is -12.5. The molecule has 1 aliphatic rings. The quantitative estimate of drug-likeness (QED) is 0.242. The number of alkyl halides is 9. The Balaban J connectivity index is 1.49. The number of pyridine rings is 1. The van der Waals surface area contributed by atoms with Gasteiger partial charge in [-0.15, -0.1) is 0 Å². The second-order valence-corrected chi connectivity index (χ2v) is 9.79. The van der Waals surface area contributed by atoms with Crippen LogP contribution >= 0.6 is 0 Å². The maximum absolute atomic E-state index is 13.6. The van der Waals surface area contributed by atoms with Gasteiger partial charge in [0.25, 0.3) is 0 Å². The maximum atomic E-state index is 13.6. The second kappa shape index (κ2) is 10.6. The molecule has 4 aromatic rings. The van der Waals surface area contributed by atoms with Gasteiger partial charge in [0, 0.05) is 43.0 Å². The third-order valence-corrected chi connectivity index (χ3v) is 6.97. The summed E-state index contributed by atoms with van der Waals surface area (Å²) >= 11 is 0. The number of nitrogens with one attached hydrogen (secondary N) is 1. The van der Waals surface area contributed by atoms with E-state index in [1.807, 2.05) is 0 Å². The molecule has 0 radical (unpaired) electrons. The minimum absolute atomic E-state index is 0.145. The van der Waals surface area contributed by atoms with E-state index in [0.717, 1.165) is 30.3 Å². The maximum Gasteiger partial charge on any atom is 0.419 e. The summed E-state index contributed by atoms with van der Waals surface area (Å²) in [6, 6.07) is 10.2. The van der Waals surface area contributed by atoms with Crippen LogP contribution in [-0.4, -0.2) is 40.6 Å². The van der Waals surface area contributed by atoms with Crippen LogP contribution in [0, 0.1) is 0 Å². The molecule has 3 heterocycles. The molecule has 0 spiro atoms. The normalized spacial score (nSPS) is 16.7. The molecular formula is C28H22F9N5.